The molecular formula is C26H34N4O5. The first-order chi connectivity index (χ1) is 16.5. The predicted octanol–water partition coefficient (Wildman–Crippen LogP) is 3.07. The maximum atomic E-state index is 13.3. The van der Waals surface area contributed by atoms with Gasteiger partial charge in [-0.05, 0) is 53.4 Å². The van der Waals surface area contributed by atoms with Crippen molar-refractivity contribution >= 4 is 17.8 Å². The van der Waals surface area contributed by atoms with Crippen molar-refractivity contribution in [3.8, 4) is 11.3 Å². The molecule has 1 saturated heterocycles. The molecular weight excluding hydrogens is 448 g/mol. The molecule has 1 aliphatic carbocycles. The number of rotatable bonds is 6. The number of amides is 2. The fraction of sp³-hybridized carbons (Fsp3) is 0.538. The van der Waals surface area contributed by atoms with E-state index in [9.17, 15) is 19.5 Å². The molecule has 0 bridgehead atoms. The van der Waals surface area contributed by atoms with Gasteiger partial charge in [0.25, 0.3) is 5.91 Å². The van der Waals surface area contributed by atoms with Gasteiger partial charge in [-0.3, -0.25) is 14.4 Å². The molecule has 3 N–H and O–H groups in total. The average Bonchev–Trinajstić information content (AvgIpc) is 3.41. The summed E-state index contributed by atoms with van der Waals surface area (Å²) < 4.78 is 5.21. The average molecular weight is 483 g/mol. The van der Waals surface area contributed by atoms with E-state index in [2.05, 4.69) is 36.6 Å². The van der Waals surface area contributed by atoms with E-state index in [0.717, 1.165) is 12.0 Å². The SMILES string of the molecule is CC(C)(C)N[C@@H]1CC[C@H](N2CCC(NC(=O)c3cc(-c4ccccc4)no3)C2=O)[C@](C)(C(=O)O)C1. The fourth-order valence-electron chi connectivity index (χ4n) is 5.39. The lowest BCUT2D eigenvalue weighted by Crippen LogP contribution is -2.59. The summed E-state index contributed by atoms with van der Waals surface area (Å²) in [6, 6.07) is 9.81. The highest BCUT2D eigenvalue weighted by molar-refractivity contribution is 5.97. The van der Waals surface area contributed by atoms with E-state index in [1.807, 2.05) is 30.3 Å². The minimum absolute atomic E-state index is 0.0271. The van der Waals surface area contributed by atoms with Gasteiger partial charge >= 0.3 is 5.97 Å². The Kier molecular flexibility index (Phi) is 6.73. The molecule has 4 atom stereocenters. The highest BCUT2D eigenvalue weighted by Gasteiger charge is 2.52. The lowest BCUT2D eigenvalue weighted by atomic mass is 9.68. The van der Waals surface area contributed by atoms with Gasteiger partial charge in [0.05, 0.1) is 5.41 Å². The molecule has 1 aromatic heterocycles. The summed E-state index contributed by atoms with van der Waals surface area (Å²) in [4.78, 5) is 40.1. The zero-order chi connectivity index (χ0) is 25.4. The van der Waals surface area contributed by atoms with Gasteiger partial charge in [-0.1, -0.05) is 35.5 Å². The number of hydrogen-bond donors (Lipinski definition) is 3. The van der Waals surface area contributed by atoms with Crippen molar-refractivity contribution in [3.63, 3.8) is 0 Å². The van der Waals surface area contributed by atoms with E-state index < -0.39 is 29.4 Å². The molecule has 35 heavy (non-hydrogen) atoms. The maximum absolute atomic E-state index is 13.3. The number of carbonyl (C=O) groups excluding carboxylic acids is 2. The largest absolute Gasteiger partial charge is 0.481 e. The summed E-state index contributed by atoms with van der Waals surface area (Å²) in [6.45, 7) is 8.32. The van der Waals surface area contributed by atoms with E-state index in [1.54, 1.807) is 17.9 Å². The molecule has 2 heterocycles. The fourth-order valence-corrected chi connectivity index (χ4v) is 5.39. The number of carbonyl (C=O) groups is 3. The number of aliphatic carboxylic acids is 1. The van der Waals surface area contributed by atoms with Gasteiger partial charge in [-0.2, -0.15) is 0 Å². The normalized spacial score (nSPS) is 27.1. The lowest BCUT2D eigenvalue weighted by Gasteiger charge is -2.47. The molecule has 9 nitrogen and oxygen atoms in total. The molecule has 1 aliphatic heterocycles. The minimum atomic E-state index is -1.08. The van der Waals surface area contributed by atoms with Crippen LogP contribution in [0.2, 0.25) is 0 Å². The van der Waals surface area contributed by atoms with Gasteiger partial charge in [-0.15, -0.1) is 0 Å². The Balaban J connectivity index is 1.43. The first-order valence-corrected chi connectivity index (χ1v) is 12.1. The maximum Gasteiger partial charge on any atom is 0.311 e. The number of benzene rings is 1. The second-order valence-electron chi connectivity index (χ2n) is 10.9. The molecule has 1 aromatic carbocycles. The zero-order valence-electron chi connectivity index (χ0n) is 20.7. The minimum Gasteiger partial charge on any atom is -0.481 e. The molecule has 2 fully saturated rings. The molecule has 2 aliphatic rings. The van der Waals surface area contributed by atoms with E-state index in [-0.39, 0.29) is 23.2 Å². The molecule has 1 unspecified atom stereocenters. The van der Waals surface area contributed by atoms with E-state index >= 15 is 0 Å². The van der Waals surface area contributed by atoms with Crippen molar-refractivity contribution in [2.24, 2.45) is 5.41 Å². The van der Waals surface area contributed by atoms with Crippen molar-refractivity contribution < 1.29 is 24.0 Å². The number of likely N-dealkylation sites (tertiary alicyclic amines) is 1. The summed E-state index contributed by atoms with van der Waals surface area (Å²) in [7, 11) is 0. The number of hydrogen-bond acceptors (Lipinski definition) is 6. The summed E-state index contributed by atoms with van der Waals surface area (Å²) in [5, 5.41) is 20.4. The van der Waals surface area contributed by atoms with Crippen LogP contribution in [-0.2, 0) is 9.59 Å². The van der Waals surface area contributed by atoms with Gasteiger partial charge in [0, 0.05) is 35.8 Å². The van der Waals surface area contributed by atoms with Crippen LogP contribution in [0.5, 0.6) is 0 Å². The molecule has 2 amide bonds. The summed E-state index contributed by atoms with van der Waals surface area (Å²) in [5.74, 6) is -1.64. The third-order valence-electron chi connectivity index (χ3n) is 7.05. The van der Waals surface area contributed by atoms with Crippen LogP contribution in [0.25, 0.3) is 11.3 Å². The van der Waals surface area contributed by atoms with E-state index in [1.165, 1.54) is 0 Å². The molecule has 0 radical (unpaired) electrons. The smallest absolute Gasteiger partial charge is 0.311 e. The highest BCUT2D eigenvalue weighted by atomic mass is 16.5. The number of carboxylic acid groups (broad SMARTS) is 1. The monoisotopic (exact) mass is 482 g/mol. The molecule has 0 spiro atoms. The Hall–Kier alpha value is -3.20. The Morgan fingerprint density at radius 3 is 2.54 bits per heavy atom. The van der Waals surface area contributed by atoms with Crippen molar-refractivity contribution in [3.05, 3.63) is 42.2 Å². The van der Waals surface area contributed by atoms with Crippen LogP contribution < -0.4 is 10.6 Å². The van der Waals surface area contributed by atoms with Gasteiger partial charge in [-0.25, -0.2) is 0 Å². The highest BCUT2D eigenvalue weighted by Crippen LogP contribution is 2.41. The number of aromatic nitrogens is 1. The first kappa shape index (κ1) is 24.9. The molecule has 4 rings (SSSR count). The first-order valence-electron chi connectivity index (χ1n) is 12.1. The van der Waals surface area contributed by atoms with Gasteiger partial charge < -0.3 is 25.2 Å². The molecule has 2 aromatic rings. The zero-order valence-corrected chi connectivity index (χ0v) is 20.7. The van der Waals surface area contributed by atoms with Crippen molar-refractivity contribution in [1.82, 2.24) is 20.7 Å². The number of carboxylic acids is 1. The standard InChI is InChI=1S/C26H34N4O5/c1-25(2,3)28-17-10-11-21(26(4,15-17)24(33)34)30-13-12-18(23(30)32)27-22(31)20-14-19(29-35-20)16-8-6-5-7-9-16/h5-9,14,17-18,21,28H,10-13,15H2,1-4H3,(H,27,31)(H,33,34)/t17-,18?,21+,26-/m1/s1. The Morgan fingerprint density at radius 2 is 1.89 bits per heavy atom. The number of nitrogens with zero attached hydrogens (tertiary/aromatic N) is 2. The predicted molar refractivity (Wildman–Crippen MR) is 130 cm³/mol. The third kappa shape index (κ3) is 5.24. The molecule has 1 saturated carbocycles. The van der Waals surface area contributed by atoms with Crippen LogP contribution >= 0.6 is 0 Å². The quantitative estimate of drug-likeness (QED) is 0.578. The second kappa shape index (κ2) is 9.45. The van der Waals surface area contributed by atoms with Gasteiger partial charge in [0.15, 0.2) is 0 Å². The topological polar surface area (TPSA) is 125 Å². The third-order valence-corrected chi connectivity index (χ3v) is 7.05. The Labute approximate surface area is 205 Å². The van der Waals surface area contributed by atoms with Crippen molar-refractivity contribution in [2.75, 3.05) is 6.54 Å². The van der Waals surface area contributed by atoms with Crippen molar-refractivity contribution in [2.45, 2.75) is 77.0 Å². The molecule has 188 valence electrons. The van der Waals surface area contributed by atoms with Crippen LogP contribution in [0.1, 0.15) is 63.9 Å². The van der Waals surface area contributed by atoms with Crippen LogP contribution in [0.3, 0.4) is 0 Å². The van der Waals surface area contributed by atoms with Crippen LogP contribution in [-0.4, -0.2) is 63.2 Å². The van der Waals surface area contributed by atoms with Gasteiger partial charge in [0.1, 0.15) is 11.7 Å². The summed E-state index contributed by atoms with van der Waals surface area (Å²) in [5.41, 5.74) is 0.151. The van der Waals surface area contributed by atoms with Crippen LogP contribution in [0, 0.1) is 5.41 Å². The second-order valence-corrected chi connectivity index (χ2v) is 10.9. The summed E-state index contributed by atoms with van der Waals surface area (Å²) in [6.07, 6.45) is 2.23. The number of nitrogens with one attached hydrogen (secondary N) is 2. The van der Waals surface area contributed by atoms with E-state index in [0.29, 0.717) is 31.5 Å². The van der Waals surface area contributed by atoms with Gasteiger partial charge in [0.2, 0.25) is 11.7 Å². The lowest BCUT2D eigenvalue weighted by molar-refractivity contribution is -0.158. The van der Waals surface area contributed by atoms with Crippen LogP contribution in [0.4, 0.5) is 0 Å². The molecule has 9 heteroatoms. The Bertz CT molecular complexity index is 1090. The van der Waals surface area contributed by atoms with Crippen LogP contribution in [0.15, 0.2) is 40.9 Å². The Morgan fingerprint density at radius 1 is 1.17 bits per heavy atom. The van der Waals surface area contributed by atoms with Crippen molar-refractivity contribution in [1.29, 1.82) is 0 Å². The summed E-state index contributed by atoms with van der Waals surface area (Å²) >= 11 is 0. The van der Waals surface area contributed by atoms with E-state index in [4.69, 9.17) is 4.52 Å².